The highest BCUT2D eigenvalue weighted by molar-refractivity contribution is 5.86. The van der Waals surface area contributed by atoms with Crippen LogP contribution >= 0.6 is 49.6 Å². The van der Waals surface area contributed by atoms with Gasteiger partial charge in [-0.15, -0.1) is 49.6 Å². The molecule has 4 nitrogen and oxygen atoms in total. The third-order valence-electron chi connectivity index (χ3n) is 5.78. The summed E-state index contributed by atoms with van der Waals surface area (Å²) in [5.74, 6) is 1.87. The molecule has 6 aliphatic heterocycles. The number of fused-ring (bicyclic) bond motifs is 8. The summed E-state index contributed by atoms with van der Waals surface area (Å²) < 4.78 is 0. The van der Waals surface area contributed by atoms with E-state index in [0.717, 1.165) is 23.9 Å². The first kappa shape index (κ1) is 27.2. The van der Waals surface area contributed by atoms with Gasteiger partial charge in [-0.25, -0.2) is 0 Å². The number of piperidine rings is 2. The Labute approximate surface area is 172 Å². The maximum Gasteiger partial charge on any atom is 0.0217 e. The Morgan fingerprint density at radius 3 is 1.29 bits per heavy atom. The van der Waals surface area contributed by atoms with Crippen LogP contribution in [0.5, 0.6) is 0 Å². The van der Waals surface area contributed by atoms with Crippen molar-refractivity contribution in [2.75, 3.05) is 53.4 Å². The van der Waals surface area contributed by atoms with Gasteiger partial charge in [-0.3, -0.25) is 0 Å². The molecule has 4 atom stereocenters. The van der Waals surface area contributed by atoms with Gasteiger partial charge in [0, 0.05) is 38.3 Å². The molecule has 0 amide bonds. The molecule has 4 bridgehead atoms. The molecule has 6 heterocycles. The molecule has 0 aromatic heterocycles. The molecule has 6 rings (SSSR count). The summed E-state index contributed by atoms with van der Waals surface area (Å²) in [6.45, 7) is 7.57. The van der Waals surface area contributed by atoms with Gasteiger partial charge in [-0.05, 0) is 64.7 Å². The van der Waals surface area contributed by atoms with Crippen LogP contribution in [0.2, 0.25) is 0 Å². The lowest BCUT2D eigenvalue weighted by molar-refractivity contribution is 0.168. The van der Waals surface area contributed by atoms with Gasteiger partial charge in [0.15, 0.2) is 0 Å². The minimum absolute atomic E-state index is 0. The zero-order valence-corrected chi connectivity index (χ0v) is 18.2. The fourth-order valence-electron chi connectivity index (χ4n) is 4.35. The van der Waals surface area contributed by atoms with Gasteiger partial charge in [-0.2, -0.15) is 0 Å². The topological polar surface area (TPSA) is 30.5 Å². The second-order valence-corrected chi connectivity index (χ2v) is 7.39. The summed E-state index contributed by atoms with van der Waals surface area (Å²) in [6.07, 6.45) is 5.71. The summed E-state index contributed by atoms with van der Waals surface area (Å²) in [7, 11) is 4.51. The highest BCUT2D eigenvalue weighted by Crippen LogP contribution is 2.23. The van der Waals surface area contributed by atoms with E-state index in [-0.39, 0.29) is 49.6 Å². The first-order valence-corrected chi connectivity index (χ1v) is 8.54. The monoisotopic (exact) mass is 424 g/mol. The van der Waals surface area contributed by atoms with Gasteiger partial charge in [0.05, 0.1) is 0 Å². The lowest BCUT2D eigenvalue weighted by Crippen LogP contribution is -2.40. The molecule has 0 aromatic carbocycles. The second-order valence-electron chi connectivity index (χ2n) is 7.39. The molecule has 0 spiro atoms. The number of nitrogens with zero attached hydrogens (tertiary/aromatic N) is 2. The lowest BCUT2D eigenvalue weighted by Gasteiger charge is -2.32. The van der Waals surface area contributed by atoms with E-state index in [2.05, 4.69) is 34.5 Å². The Balaban J connectivity index is 0. The Kier molecular flexibility index (Phi) is 15.0. The van der Waals surface area contributed by atoms with Crippen LogP contribution in [0, 0.1) is 11.8 Å². The maximum absolute atomic E-state index is 3.50. The third-order valence-corrected chi connectivity index (χ3v) is 5.78. The molecule has 6 aliphatic rings. The number of nitrogens with one attached hydrogen (secondary N) is 2. The first-order chi connectivity index (χ1) is 9.72. The summed E-state index contributed by atoms with van der Waals surface area (Å²) in [5, 5.41) is 7.00. The summed E-state index contributed by atoms with van der Waals surface area (Å²) in [6, 6.07) is 1.66. The minimum Gasteiger partial charge on any atom is -0.315 e. The van der Waals surface area contributed by atoms with E-state index < -0.39 is 0 Å². The Bertz CT molecular complexity index is 286. The van der Waals surface area contributed by atoms with Gasteiger partial charge in [0.1, 0.15) is 0 Å². The van der Waals surface area contributed by atoms with Crippen molar-refractivity contribution in [1.82, 2.24) is 20.4 Å². The molecule has 6 fully saturated rings. The minimum atomic E-state index is 0. The molecule has 6 saturated heterocycles. The first-order valence-electron chi connectivity index (χ1n) is 8.54. The second kappa shape index (κ2) is 13.2. The molecule has 0 aromatic rings. The highest BCUT2D eigenvalue weighted by atomic mass is 35.5. The predicted molar refractivity (Wildman–Crippen MR) is 113 cm³/mol. The van der Waals surface area contributed by atoms with Crippen molar-refractivity contribution < 1.29 is 0 Å². The number of hydrogen-bond donors (Lipinski definition) is 2. The Morgan fingerprint density at radius 1 is 0.583 bits per heavy atom. The largest absolute Gasteiger partial charge is 0.315 e. The smallest absolute Gasteiger partial charge is 0.0217 e. The van der Waals surface area contributed by atoms with Crippen LogP contribution in [0.15, 0.2) is 0 Å². The van der Waals surface area contributed by atoms with Gasteiger partial charge in [0.2, 0.25) is 0 Å². The van der Waals surface area contributed by atoms with Crippen LogP contribution in [-0.2, 0) is 0 Å². The Morgan fingerprint density at radius 2 is 0.958 bits per heavy atom. The summed E-state index contributed by atoms with van der Waals surface area (Å²) in [5.41, 5.74) is 0. The van der Waals surface area contributed by atoms with Crippen LogP contribution in [0.3, 0.4) is 0 Å². The zero-order chi connectivity index (χ0) is 13.9. The molecule has 2 N–H and O–H groups in total. The highest BCUT2D eigenvalue weighted by Gasteiger charge is 2.29. The van der Waals surface area contributed by atoms with E-state index in [1.165, 1.54) is 65.0 Å². The van der Waals surface area contributed by atoms with Crippen molar-refractivity contribution in [1.29, 1.82) is 0 Å². The van der Waals surface area contributed by atoms with E-state index in [1.807, 2.05) is 0 Å². The number of likely N-dealkylation sites (N-methyl/N-ethyl adjacent to an activating group) is 2. The summed E-state index contributed by atoms with van der Waals surface area (Å²) >= 11 is 0. The molecule has 0 unspecified atom stereocenters. The van der Waals surface area contributed by atoms with Crippen LogP contribution in [0.25, 0.3) is 0 Å². The summed E-state index contributed by atoms with van der Waals surface area (Å²) in [4.78, 5) is 5.02. The normalized spacial score (nSPS) is 34.8. The van der Waals surface area contributed by atoms with E-state index in [1.54, 1.807) is 0 Å². The van der Waals surface area contributed by atoms with Gasteiger partial charge in [0.25, 0.3) is 0 Å². The predicted octanol–water partition coefficient (Wildman–Crippen LogP) is 2.29. The fraction of sp³-hybridized carbons (Fsp3) is 1.00. The number of hydrogen-bond acceptors (Lipinski definition) is 4. The average molecular weight is 426 g/mol. The van der Waals surface area contributed by atoms with Gasteiger partial charge >= 0.3 is 0 Å². The lowest BCUT2D eigenvalue weighted by atomic mass is 9.96. The quantitative estimate of drug-likeness (QED) is 0.623. The molecule has 0 saturated carbocycles. The van der Waals surface area contributed by atoms with Crippen molar-refractivity contribution in [2.45, 2.75) is 37.8 Å². The van der Waals surface area contributed by atoms with E-state index in [4.69, 9.17) is 0 Å². The van der Waals surface area contributed by atoms with Crippen molar-refractivity contribution in [3.63, 3.8) is 0 Å². The third kappa shape index (κ3) is 7.32. The van der Waals surface area contributed by atoms with Gasteiger partial charge in [-0.1, -0.05) is 0 Å². The zero-order valence-electron chi connectivity index (χ0n) is 14.9. The Hall–Kier alpha value is 1.00. The van der Waals surface area contributed by atoms with Crippen LogP contribution in [0.1, 0.15) is 25.7 Å². The molecule has 0 radical (unpaired) electrons. The van der Waals surface area contributed by atoms with Gasteiger partial charge < -0.3 is 20.4 Å². The molecular weight excluding hydrogens is 390 g/mol. The van der Waals surface area contributed by atoms with E-state index >= 15 is 0 Å². The van der Waals surface area contributed by atoms with Crippen molar-refractivity contribution in [3.8, 4) is 0 Å². The SMILES string of the molecule is CN1C[C@@H]2CC[C@H]1CNC2.CN1C[C@H]2CC[C@@H]1CNC2.Cl.Cl.Cl.Cl. The van der Waals surface area contributed by atoms with Crippen molar-refractivity contribution in [2.24, 2.45) is 11.8 Å². The number of halogens is 4. The van der Waals surface area contributed by atoms with Crippen molar-refractivity contribution in [3.05, 3.63) is 0 Å². The molecular formula is C16H36Cl4N4. The van der Waals surface area contributed by atoms with E-state index in [9.17, 15) is 0 Å². The molecule has 8 heteroatoms. The number of rotatable bonds is 0. The fourth-order valence-corrected chi connectivity index (χ4v) is 4.35. The van der Waals surface area contributed by atoms with E-state index in [0.29, 0.717) is 0 Å². The molecule has 24 heavy (non-hydrogen) atoms. The van der Waals surface area contributed by atoms with Crippen LogP contribution < -0.4 is 10.6 Å². The molecule has 0 aliphatic carbocycles. The standard InChI is InChI=1S/2C8H16N2.4ClH/c2*1-10-6-7-2-3-8(10)5-9-4-7;;;;/h2*7-9H,2-6H2,1H3;4*1H/t2*7-,8+;;;;/m10..../s1. The van der Waals surface area contributed by atoms with Crippen molar-refractivity contribution >= 4 is 49.6 Å². The van der Waals surface area contributed by atoms with Crippen LogP contribution in [-0.4, -0.2) is 75.2 Å². The average Bonchev–Trinajstić information content (AvgIpc) is 2.91. The molecule has 148 valence electrons. The van der Waals surface area contributed by atoms with Crippen LogP contribution in [0.4, 0.5) is 0 Å². The maximum atomic E-state index is 3.50.